The number of hydrogen-bond acceptors (Lipinski definition) is 6. The van der Waals surface area contributed by atoms with Gasteiger partial charge in [-0.25, -0.2) is 0 Å². The molecule has 2 heterocycles. The number of nitrogens with zero attached hydrogens (tertiary/aromatic N) is 4. The topological polar surface area (TPSA) is 81.2 Å². The van der Waals surface area contributed by atoms with Crippen LogP contribution in [0.4, 0.5) is 11.4 Å². The van der Waals surface area contributed by atoms with Crippen molar-refractivity contribution in [2.45, 2.75) is 0 Å². The van der Waals surface area contributed by atoms with Gasteiger partial charge in [0.1, 0.15) is 0 Å². The number of hydrogen-bond donors (Lipinski definition) is 0. The molecule has 0 spiro atoms. The van der Waals surface area contributed by atoms with Gasteiger partial charge >= 0.3 is 0 Å². The zero-order chi connectivity index (χ0) is 28.0. The second-order valence-corrected chi connectivity index (χ2v) is 10.1. The fraction of sp³-hybridized carbons (Fsp3) is 0.188. The first-order chi connectivity index (χ1) is 19.4. The highest BCUT2D eigenvalue weighted by Crippen LogP contribution is 2.37. The van der Waals surface area contributed by atoms with E-state index in [1.807, 2.05) is 84.6 Å². The molecule has 0 unspecified atom stereocenters. The van der Waals surface area contributed by atoms with E-state index < -0.39 is 23.6 Å². The minimum absolute atomic E-state index is 0.202. The summed E-state index contributed by atoms with van der Waals surface area (Å²) < 4.78 is 0. The van der Waals surface area contributed by atoms with Crippen molar-refractivity contribution in [1.82, 2.24) is 9.80 Å². The summed E-state index contributed by atoms with van der Waals surface area (Å²) in [5, 5.41) is 0.779. The highest BCUT2D eigenvalue weighted by atomic mass is 16.2. The second-order valence-electron chi connectivity index (χ2n) is 10.1. The van der Waals surface area contributed by atoms with Crippen molar-refractivity contribution in [3.8, 4) is 0 Å². The average molecular weight is 533 g/mol. The van der Waals surface area contributed by atoms with E-state index in [2.05, 4.69) is 0 Å². The number of likely N-dealkylation sites (N-methyl/N-ethyl adjacent to an activating group) is 2. The fourth-order valence-electron chi connectivity index (χ4n) is 5.50. The minimum atomic E-state index is -0.422. The van der Waals surface area contributed by atoms with E-state index >= 15 is 0 Å². The molecule has 8 nitrogen and oxygen atoms in total. The molecule has 2 aliphatic heterocycles. The summed E-state index contributed by atoms with van der Waals surface area (Å²) in [6.45, 7) is 1.32. The Morgan fingerprint density at radius 3 is 1.07 bits per heavy atom. The van der Waals surface area contributed by atoms with Crippen LogP contribution in [0.1, 0.15) is 41.4 Å². The molecule has 4 aromatic rings. The number of carbonyl (C=O) groups excluding carboxylic acids is 4. The predicted octanol–water partition coefficient (Wildman–Crippen LogP) is 4.30. The summed E-state index contributed by atoms with van der Waals surface area (Å²) in [7, 11) is 3.82. The van der Waals surface area contributed by atoms with Crippen molar-refractivity contribution >= 4 is 45.8 Å². The van der Waals surface area contributed by atoms with Crippen LogP contribution in [0.5, 0.6) is 0 Å². The third kappa shape index (κ3) is 4.09. The smallest absolute Gasteiger partial charge is 0.261 e. The summed E-state index contributed by atoms with van der Waals surface area (Å²) in [4.78, 5) is 60.6. The lowest BCUT2D eigenvalue weighted by atomic mass is 9.86. The van der Waals surface area contributed by atoms with Crippen LogP contribution >= 0.6 is 0 Å². The third-order valence-corrected chi connectivity index (χ3v) is 7.77. The minimum Gasteiger partial charge on any atom is -0.373 e. The van der Waals surface area contributed by atoms with Gasteiger partial charge in [0.15, 0.2) is 0 Å². The predicted molar refractivity (Wildman–Crippen MR) is 154 cm³/mol. The summed E-state index contributed by atoms with van der Waals surface area (Å²) in [6.07, 6.45) is 0. The largest absolute Gasteiger partial charge is 0.373 e. The van der Waals surface area contributed by atoms with Gasteiger partial charge in [-0.05, 0) is 48.5 Å². The second kappa shape index (κ2) is 9.96. The average Bonchev–Trinajstić information content (AvgIpc) is 2.99. The molecule has 0 atom stereocenters. The van der Waals surface area contributed by atoms with Gasteiger partial charge in [0.25, 0.3) is 23.6 Å². The van der Waals surface area contributed by atoms with E-state index in [1.165, 1.54) is 9.80 Å². The van der Waals surface area contributed by atoms with E-state index in [-0.39, 0.29) is 13.1 Å². The maximum atomic E-state index is 13.5. The molecule has 0 aliphatic carbocycles. The van der Waals surface area contributed by atoms with E-state index in [9.17, 15) is 19.2 Å². The summed E-state index contributed by atoms with van der Waals surface area (Å²) in [5.41, 5.74) is 3.28. The number of carbonyl (C=O) groups is 4. The molecule has 0 fully saturated rings. The Balaban J connectivity index is 1.28. The molecule has 0 saturated heterocycles. The monoisotopic (exact) mass is 532 g/mol. The molecule has 0 radical (unpaired) electrons. The summed E-state index contributed by atoms with van der Waals surface area (Å²) >= 11 is 0. The van der Waals surface area contributed by atoms with Crippen LogP contribution in [0.2, 0.25) is 0 Å². The van der Waals surface area contributed by atoms with Gasteiger partial charge in [-0.1, -0.05) is 36.4 Å². The lowest BCUT2D eigenvalue weighted by Gasteiger charge is -2.33. The zero-order valence-electron chi connectivity index (χ0n) is 22.3. The lowest BCUT2D eigenvalue weighted by Crippen LogP contribution is -2.46. The summed E-state index contributed by atoms with van der Waals surface area (Å²) in [6, 6.07) is 25.9. The first-order valence-corrected chi connectivity index (χ1v) is 13.2. The Morgan fingerprint density at radius 1 is 0.475 bits per heavy atom. The van der Waals surface area contributed by atoms with Gasteiger partial charge in [-0.2, -0.15) is 0 Å². The highest BCUT2D eigenvalue weighted by Gasteiger charge is 2.39. The molecule has 40 heavy (non-hydrogen) atoms. The van der Waals surface area contributed by atoms with Gasteiger partial charge in [0, 0.05) is 84.7 Å². The SMILES string of the molecule is CN(CCN1C(=O)c2ccc3c4c(ccc(c24)C1=O)C(=O)N(CCN(C)c1ccccc1)C3=O)c1ccccc1. The normalized spacial score (nSPS) is 14.2. The van der Waals surface area contributed by atoms with E-state index in [4.69, 9.17) is 0 Å². The molecule has 0 bridgehead atoms. The molecule has 2 aliphatic rings. The maximum Gasteiger partial charge on any atom is 0.261 e. The van der Waals surface area contributed by atoms with E-state index in [0.29, 0.717) is 46.1 Å². The Labute approximate surface area is 232 Å². The Kier molecular flexibility index (Phi) is 6.30. The number of rotatable bonds is 8. The molecule has 4 amide bonds. The van der Waals surface area contributed by atoms with E-state index in [1.54, 1.807) is 24.3 Å². The quantitative estimate of drug-likeness (QED) is 0.315. The summed E-state index contributed by atoms with van der Waals surface area (Å²) in [5.74, 6) is -1.69. The van der Waals surface area contributed by atoms with Gasteiger partial charge in [-0.3, -0.25) is 29.0 Å². The molecule has 0 saturated carbocycles. The Hall–Kier alpha value is -4.98. The van der Waals surface area contributed by atoms with Crippen LogP contribution in [-0.4, -0.2) is 73.7 Å². The van der Waals surface area contributed by atoms with Crippen molar-refractivity contribution in [3.05, 3.63) is 107 Å². The van der Waals surface area contributed by atoms with Crippen LogP contribution in [0.25, 0.3) is 10.8 Å². The molecule has 4 aromatic carbocycles. The molecule has 6 rings (SSSR count). The molecular weight excluding hydrogens is 504 g/mol. The Bertz CT molecular complexity index is 1470. The number of anilines is 2. The van der Waals surface area contributed by atoms with Gasteiger partial charge < -0.3 is 9.80 Å². The number of para-hydroxylation sites is 2. The van der Waals surface area contributed by atoms with Crippen LogP contribution in [0.15, 0.2) is 84.9 Å². The number of amides is 4. The first kappa shape index (κ1) is 25.3. The van der Waals surface area contributed by atoms with Gasteiger partial charge in [-0.15, -0.1) is 0 Å². The van der Waals surface area contributed by atoms with Crippen LogP contribution < -0.4 is 9.80 Å². The lowest BCUT2D eigenvalue weighted by molar-refractivity contribution is 0.0593. The highest BCUT2D eigenvalue weighted by molar-refractivity contribution is 6.33. The molecule has 0 aromatic heterocycles. The van der Waals surface area contributed by atoms with E-state index in [0.717, 1.165) is 11.4 Å². The van der Waals surface area contributed by atoms with Crippen molar-refractivity contribution in [1.29, 1.82) is 0 Å². The number of imide groups is 2. The Morgan fingerprint density at radius 2 is 0.775 bits per heavy atom. The molecule has 0 N–H and O–H groups in total. The van der Waals surface area contributed by atoms with Crippen molar-refractivity contribution in [3.63, 3.8) is 0 Å². The first-order valence-electron chi connectivity index (χ1n) is 13.2. The third-order valence-electron chi connectivity index (χ3n) is 7.77. The number of benzene rings is 4. The van der Waals surface area contributed by atoms with Gasteiger partial charge in [0.2, 0.25) is 0 Å². The van der Waals surface area contributed by atoms with Crippen molar-refractivity contribution in [2.75, 3.05) is 50.1 Å². The zero-order valence-corrected chi connectivity index (χ0v) is 22.3. The molecule has 200 valence electrons. The molecular formula is C32H28N4O4. The maximum absolute atomic E-state index is 13.5. The van der Waals surface area contributed by atoms with Crippen LogP contribution in [0, 0.1) is 0 Å². The fourth-order valence-corrected chi connectivity index (χ4v) is 5.50. The molecule has 8 heteroatoms. The van der Waals surface area contributed by atoms with Gasteiger partial charge in [0.05, 0.1) is 0 Å². The van der Waals surface area contributed by atoms with Crippen LogP contribution in [-0.2, 0) is 0 Å². The van der Waals surface area contributed by atoms with Crippen molar-refractivity contribution < 1.29 is 19.2 Å². The van der Waals surface area contributed by atoms with Crippen LogP contribution in [0.3, 0.4) is 0 Å². The standard InChI is InChI=1S/C32H28N4O4/c1-33(21-9-5-3-6-10-21)17-19-35-29(37)23-13-15-25-28-26(16-14-24(27(23)28)30(35)38)32(40)36(31(25)39)20-18-34(2)22-11-7-4-8-12-22/h3-16H,17-20H2,1-2H3. The van der Waals surface area contributed by atoms with Crippen molar-refractivity contribution in [2.24, 2.45) is 0 Å².